The van der Waals surface area contributed by atoms with Crippen LogP contribution in [0, 0.1) is 6.92 Å². The van der Waals surface area contributed by atoms with Crippen LogP contribution in [0.2, 0.25) is 0 Å². The summed E-state index contributed by atoms with van der Waals surface area (Å²) in [6, 6.07) is 7.99. The molecule has 1 aliphatic heterocycles. The molecule has 2 aromatic rings. The van der Waals surface area contributed by atoms with Crippen LogP contribution in [0.25, 0.3) is 0 Å². The van der Waals surface area contributed by atoms with E-state index in [4.69, 9.17) is 0 Å². The summed E-state index contributed by atoms with van der Waals surface area (Å²) in [7, 11) is 0. The molecule has 0 N–H and O–H groups in total. The first-order valence-corrected chi connectivity index (χ1v) is 7.89. The number of rotatable bonds is 2. The number of nitrogens with zero attached hydrogens (tertiary/aromatic N) is 2. The monoisotopic (exact) mass is 286 g/mol. The summed E-state index contributed by atoms with van der Waals surface area (Å²) in [5.74, 6) is 0.0531. The topological polar surface area (TPSA) is 33.2 Å². The van der Waals surface area contributed by atoms with E-state index in [0.717, 1.165) is 25.1 Å². The average Bonchev–Trinajstić information content (AvgIpc) is 2.93. The molecule has 0 aromatic carbocycles. The van der Waals surface area contributed by atoms with Gasteiger partial charge in [-0.3, -0.25) is 4.79 Å². The highest BCUT2D eigenvalue weighted by atomic mass is 32.1. The van der Waals surface area contributed by atoms with Crippen LogP contribution in [0.4, 0.5) is 0 Å². The third kappa shape index (κ3) is 2.24. The second kappa shape index (κ2) is 5.37. The van der Waals surface area contributed by atoms with Crippen molar-refractivity contribution in [3.05, 3.63) is 51.5 Å². The maximum Gasteiger partial charge on any atom is 0.272 e. The van der Waals surface area contributed by atoms with E-state index in [9.17, 15) is 4.79 Å². The Morgan fingerprint density at radius 3 is 3.05 bits per heavy atom. The van der Waals surface area contributed by atoms with Crippen LogP contribution in [-0.4, -0.2) is 22.3 Å². The standard InChI is InChI=1S/C16H18N2OS/c1-3-14-12-8-10-20-15(12)7-9-18(14)16(19)13-6-4-5-11(2)17-13/h4-6,8,10,14H,3,7,9H2,1-2H3/t14-/m1/s1. The molecule has 0 spiro atoms. The fourth-order valence-electron chi connectivity index (χ4n) is 2.89. The molecule has 3 rings (SSSR count). The lowest BCUT2D eigenvalue weighted by Crippen LogP contribution is -2.39. The highest BCUT2D eigenvalue weighted by Gasteiger charge is 2.31. The molecule has 1 atom stereocenters. The van der Waals surface area contributed by atoms with Crippen LogP contribution >= 0.6 is 11.3 Å². The summed E-state index contributed by atoms with van der Waals surface area (Å²) in [4.78, 5) is 20.5. The molecule has 104 valence electrons. The van der Waals surface area contributed by atoms with Crippen molar-refractivity contribution in [2.75, 3.05) is 6.54 Å². The van der Waals surface area contributed by atoms with E-state index in [1.165, 1.54) is 10.4 Å². The number of aromatic nitrogens is 1. The Bertz CT molecular complexity index is 635. The van der Waals surface area contributed by atoms with E-state index >= 15 is 0 Å². The lowest BCUT2D eigenvalue weighted by molar-refractivity contribution is 0.0651. The summed E-state index contributed by atoms with van der Waals surface area (Å²) < 4.78 is 0. The van der Waals surface area contributed by atoms with Crippen molar-refractivity contribution < 1.29 is 4.79 Å². The Kier molecular flexibility index (Phi) is 3.57. The number of fused-ring (bicyclic) bond motifs is 1. The molecule has 1 amide bonds. The zero-order valence-electron chi connectivity index (χ0n) is 11.8. The number of aryl methyl sites for hydroxylation is 1. The van der Waals surface area contributed by atoms with Crippen LogP contribution in [-0.2, 0) is 6.42 Å². The van der Waals surface area contributed by atoms with Gasteiger partial charge in [0.25, 0.3) is 5.91 Å². The van der Waals surface area contributed by atoms with Crippen molar-refractivity contribution in [1.29, 1.82) is 0 Å². The summed E-state index contributed by atoms with van der Waals surface area (Å²) >= 11 is 1.80. The predicted octanol–water partition coefficient (Wildman–Crippen LogP) is 3.60. The van der Waals surface area contributed by atoms with E-state index in [-0.39, 0.29) is 11.9 Å². The van der Waals surface area contributed by atoms with E-state index in [1.807, 2.05) is 30.0 Å². The Morgan fingerprint density at radius 1 is 1.45 bits per heavy atom. The van der Waals surface area contributed by atoms with Crippen LogP contribution < -0.4 is 0 Å². The van der Waals surface area contributed by atoms with Gasteiger partial charge in [0.15, 0.2) is 0 Å². The number of carbonyl (C=O) groups excluding carboxylic acids is 1. The molecule has 3 nitrogen and oxygen atoms in total. The number of hydrogen-bond acceptors (Lipinski definition) is 3. The van der Waals surface area contributed by atoms with Gasteiger partial charge in [-0.05, 0) is 48.9 Å². The average molecular weight is 286 g/mol. The predicted molar refractivity (Wildman–Crippen MR) is 81.1 cm³/mol. The summed E-state index contributed by atoms with van der Waals surface area (Å²) in [5.41, 5.74) is 2.77. The van der Waals surface area contributed by atoms with Crippen molar-refractivity contribution in [3.8, 4) is 0 Å². The van der Waals surface area contributed by atoms with Gasteiger partial charge >= 0.3 is 0 Å². The van der Waals surface area contributed by atoms with Gasteiger partial charge in [0.05, 0.1) is 6.04 Å². The fraction of sp³-hybridized carbons (Fsp3) is 0.375. The molecular weight excluding hydrogens is 268 g/mol. The number of pyridine rings is 1. The molecule has 20 heavy (non-hydrogen) atoms. The minimum absolute atomic E-state index is 0.0531. The zero-order valence-corrected chi connectivity index (χ0v) is 12.6. The van der Waals surface area contributed by atoms with Crippen LogP contribution in [0.3, 0.4) is 0 Å². The Morgan fingerprint density at radius 2 is 2.30 bits per heavy atom. The quantitative estimate of drug-likeness (QED) is 0.845. The van der Waals surface area contributed by atoms with Gasteiger partial charge in [0, 0.05) is 17.1 Å². The molecule has 1 aliphatic rings. The number of amides is 1. The van der Waals surface area contributed by atoms with E-state index in [2.05, 4.69) is 23.4 Å². The molecule has 3 heterocycles. The van der Waals surface area contributed by atoms with Gasteiger partial charge in [-0.15, -0.1) is 11.3 Å². The van der Waals surface area contributed by atoms with E-state index in [0.29, 0.717) is 5.69 Å². The zero-order chi connectivity index (χ0) is 14.1. The first-order chi connectivity index (χ1) is 9.70. The highest BCUT2D eigenvalue weighted by molar-refractivity contribution is 7.10. The Balaban J connectivity index is 1.92. The molecule has 0 radical (unpaired) electrons. The molecule has 0 fully saturated rings. The first-order valence-electron chi connectivity index (χ1n) is 7.01. The van der Waals surface area contributed by atoms with Crippen LogP contribution in [0.5, 0.6) is 0 Å². The minimum atomic E-state index is 0.0531. The molecule has 0 unspecified atom stereocenters. The third-order valence-electron chi connectivity index (χ3n) is 3.85. The molecule has 2 aromatic heterocycles. The van der Waals surface area contributed by atoms with Gasteiger partial charge < -0.3 is 4.90 Å². The van der Waals surface area contributed by atoms with Gasteiger partial charge in [0.1, 0.15) is 5.69 Å². The van der Waals surface area contributed by atoms with Crippen molar-refractivity contribution in [1.82, 2.24) is 9.88 Å². The molecule has 0 bridgehead atoms. The summed E-state index contributed by atoms with van der Waals surface area (Å²) in [6.07, 6.45) is 1.91. The third-order valence-corrected chi connectivity index (χ3v) is 4.85. The van der Waals surface area contributed by atoms with Crippen LogP contribution in [0.1, 0.15) is 46.0 Å². The normalized spacial score (nSPS) is 17.9. The largest absolute Gasteiger partial charge is 0.330 e. The molecule has 0 aliphatic carbocycles. The van der Waals surface area contributed by atoms with Gasteiger partial charge in [-0.25, -0.2) is 4.98 Å². The molecule has 0 saturated carbocycles. The lowest BCUT2D eigenvalue weighted by atomic mass is 9.97. The number of carbonyl (C=O) groups is 1. The van der Waals surface area contributed by atoms with Gasteiger partial charge in [-0.1, -0.05) is 13.0 Å². The highest BCUT2D eigenvalue weighted by Crippen LogP contribution is 2.35. The Hall–Kier alpha value is -1.68. The van der Waals surface area contributed by atoms with Crippen molar-refractivity contribution >= 4 is 17.2 Å². The first kappa shape index (κ1) is 13.3. The van der Waals surface area contributed by atoms with Crippen molar-refractivity contribution in [2.45, 2.75) is 32.7 Å². The smallest absolute Gasteiger partial charge is 0.272 e. The molecular formula is C16H18N2OS. The van der Waals surface area contributed by atoms with E-state index < -0.39 is 0 Å². The van der Waals surface area contributed by atoms with E-state index in [1.54, 1.807) is 11.3 Å². The summed E-state index contributed by atoms with van der Waals surface area (Å²) in [5, 5.41) is 2.13. The molecule has 4 heteroatoms. The second-order valence-corrected chi connectivity index (χ2v) is 6.14. The number of thiophene rings is 1. The van der Waals surface area contributed by atoms with Gasteiger partial charge in [0.2, 0.25) is 0 Å². The summed E-state index contributed by atoms with van der Waals surface area (Å²) in [6.45, 7) is 4.85. The van der Waals surface area contributed by atoms with Crippen molar-refractivity contribution in [3.63, 3.8) is 0 Å². The van der Waals surface area contributed by atoms with Crippen molar-refractivity contribution in [2.24, 2.45) is 0 Å². The minimum Gasteiger partial charge on any atom is -0.330 e. The molecule has 0 saturated heterocycles. The lowest BCUT2D eigenvalue weighted by Gasteiger charge is -2.35. The SMILES string of the molecule is CC[C@@H]1c2ccsc2CCN1C(=O)c1cccc(C)n1. The number of hydrogen-bond donors (Lipinski definition) is 0. The van der Waals surface area contributed by atoms with Gasteiger partial charge in [-0.2, -0.15) is 0 Å². The fourth-order valence-corrected chi connectivity index (χ4v) is 3.82. The van der Waals surface area contributed by atoms with Crippen LogP contribution in [0.15, 0.2) is 29.6 Å². The second-order valence-electron chi connectivity index (χ2n) is 5.14. The Labute approximate surface area is 123 Å². The maximum atomic E-state index is 12.7. The maximum absolute atomic E-state index is 12.7.